The molecule has 7 nitrogen and oxygen atoms in total. The second kappa shape index (κ2) is 8.67. The first-order valence-electron chi connectivity index (χ1n) is 10.7. The predicted molar refractivity (Wildman–Crippen MR) is 122 cm³/mol. The number of halogens is 2. The maximum Gasteiger partial charge on any atom is 0.160 e. The summed E-state index contributed by atoms with van der Waals surface area (Å²) in [7, 11) is 0. The molecule has 1 aromatic carbocycles. The molecule has 9 heteroatoms. The number of pyridine rings is 1. The van der Waals surface area contributed by atoms with Crippen LogP contribution in [0.4, 0.5) is 8.78 Å². The second-order valence-electron chi connectivity index (χ2n) is 7.90. The highest BCUT2D eigenvalue weighted by molar-refractivity contribution is 5.93. The van der Waals surface area contributed by atoms with E-state index in [1.165, 1.54) is 24.4 Å². The van der Waals surface area contributed by atoms with Crippen LogP contribution in [0.3, 0.4) is 0 Å². The molecule has 3 aromatic heterocycles. The minimum atomic E-state index is -0.409. The number of ether oxygens (including phenoxy) is 1. The molecular weight excluding hydrogens is 426 g/mol. The van der Waals surface area contributed by atoms with Gasteiger partial charge in [-0.1, -0.05) is 6.58 Å². The first kappa shape index (κ1) is 21.1. The molecular formula is C24H22F2N6O. The largest absolute Gasteiger partial charge is 0.381 e. The summed E-state index contributed by atoms with van der Waals surface area (Å²) in [5.41, 5.74) is 1.87. The van der Waals surface area contributed by atoms with E-state index < -0.39 is 5.82 Å². The van der Waals surface area contributed by atoms with Gasteiger partial charge in [0.15, 0.2) is 5.82 Å². The summed E-state index contributed by atoms with van der Waals surface area (Å²) < 4.78 is 36.4. The number of hydrogen-bond donors (Lipinski definition) is 0. The summed E-state index contributed by atoms with van der Waals surface area (Å²) in [6.45, 7) is 7.36. The molecule has 1 fully saturated rings. The quantitative estimate of drug-likeness (QED) is 0.357. The number of fused-ring (bicyclic) bond motifs is 1. The van der Waals surface area contributed by atoms with Gasteiger partial charge in [0.2, 0.25) is 0 Å². The molecule has 0 saturated carbocycles. The van der Waals surface area contributed by atoms with E-state index in [-0.39, 0.29) is 11.9 Å². The van der Waals surface area contributed by atoms with Crippen LogP contribution in [0.25, 0.3) is 35.3 Å². The van der Waals surface area contributed by atoms with Crippen molar-refractivity contribution in [3.05, 3.63) is 65.2 Å². The summed E-state index contributed by atoms with van der Waals surface area (Å²) >= 11 is 0. The third kappa shape index (κ3) is 4.07. The monoisotopic (exact) mass is 448 g/mol. The Morgan fingerprint density at radius 3 is 2.70 bits per heavy atom. The van der Waals surface area contributed by atoms with Gasteiger partial charge in [0.05, 0.1) is 28.8 Å². The van der Waals surface area contributed by atoms with Crippen molar-refractivity contribution in [2.75, 3.05) is 13.2 Å². The standard InChI is InChI=1S/C24H22F2N6O/c1-15-22(13-27-16(2)31-14-29-20-5-3-17(25)11-23(20)31)30-24(21-6-4-18(26)12-28-21)32(15)19-7-9-33-10-8-19/h3-6,11-14,19H,1,7-10H2,2H3/b22-13+,27-16?. The van der Waals surface area contributed by atoms with E-state index in [0.717, 1.165) is 12.8 Å². The number of rotatable bonds is 3. The summed E-state index contributed by atoms with van der Waals surface area (Å²) in [6.07, 6.45) is 6.06. The second-order valence-corrected chi connectivity index (χ2v) is 7.90. The smallest absolute Gasteiger partial charge is 0.160 e. The first-order valence-corrected chi connectivity index (χ1v) is 10.7. The fraction of sp³-hybridized carbons (Fsp3) is 0.250. The fourth-order valence-electron chi connectivity index (χ4n) is 4.07. The molecule has 0 radical (unpaired) electrons. The minimum Gasteiger partial charge on any atom is -0.381 e. The van der Waals surface area contributed by atoms with Gasteiger partial charge in [0.25, 0.3) is 0 Å². The topological polar surface area (TPSA) is 70.1 Å². The SMILES string of the molecule is C=c1/c(=C\N=C(C)n2cnc3ccc(F)cc32)nc(-c2ccc(F)cn2)n1C1CCOCC1. The third-order valence-corrected chi connectivity index (χ3v) is 5.79. The van der Waals surface area contributed by atoms with Gasteiger partial charge in [-0.05, 0) is 44.0 Å². The Bertz CT molecular complexity index is 1450. The van der Waals surface area contributed by atoms with Crippen LogP contribution in [0.2, 0.25) is 0 Å². The highest BCUT2D eigenvalue weighted by Crippen LogP contribution is 2.24. The average Bonchev–Trinajstić information content (AvgIpc) is 3.39. The van der Waals surface area contributed by atoms with Crippen LogP contribution >= 0.6 is 0 Å². The van der Waals surface area contributed by atoms with Gasteiger partial charge in [-0.25, -0.2) is 28.7 Å². The number of hydrogen-bond acceptors (Lipinski definition) is 5. The zero-order valence-corrected chi connectivity index (χ0v) is 18.1. The summed E-state index contributed by atoms with van der Waals surface area (Å²) in [5.74, 6) is 0.465. The Labute approximate surface area is 188 Å². The van der Waals surface area contributed by atoms with Gasteiger partial charge in [0, 0.05) is 25.3 Å². The van der Waals surface area contributed by atoms with Crippen LogP contribution < -0.4 is 10.7 Å². The van der Waals surface area contributed by atoms with E-state index in [0.29, 0.717) is 52.3 Å². The van der Waals surface area contributed by atoms with Gasteiger partial charge in [-0.2, -0.15) is 0 Å². The number of nitrogens with zero attached hydrogens (tertiary/aromatic N) is 6. The summed E-state index contributed by atoms with van der Waals surface area (Å²) in [4.78, 5) is 17.8. The molecule has 1 aliphatic rings. The Hall–Kier alpha value is -3.72. The molecule has 0 spiro atoms. The van der Waals surface area contributed by atoms with E-state index in [9.17, 15) is 8.78 Å². The molecule has 0 N–H and O–H groups in total. The van der Waals surface area contributed by atoms with Crippen molar-refractivity contribution in [3.63, 3.8) is 0 Å². The van der Waals surface area contributed by atoms with Crippen molar-refractivity contribution in [3.8, 4) is 11.5 Å². The molecule has 4 aromatic rings. The molecule has 0 atom stereocenters. The summed E-state index contributed by atoms with van der Waals surface area (Å²) in [5, 5.41) is 1.28. The molecule has 0 aliphatic carbocycles. The molecule has 0 bridgehead atoms. The normalized spacial score (nSPS) is 16.1. The van der Waals surface area contributed by atoms with Crippen LogP contribution in [-0.4, -0.2) is 43.1 Å². The summed E-state index contributed by atoms with van der Waals surface area (Å²) in [6, 6.07) is 7.55. The van der Waals surface area contributed by atoms with Gasteiger partial charge in [-0.3, -0.25) is 4.57 Å². The number of benzene rings is 1. The van der Waals surface area contributed by atoms with Crippen molar-refractivity contribution in [1.29, 1.82) is 0 Å². The molecule has 5 rings (SSSR count). The molecule has 1 aliphatic heterocycles. The first-order chi connectivity index (χ1) is 16.0. The van der Waals surface area contributed by atoms with Gasteiger partial charge in [-0.15, -0.1) is 0 Å². The van der Waals surface area contributed by atoms with Crippen molar-refractivity contribution in [2.24, 2.45) is 4.99 Å². The van der Waals surface area contributed by atoms with Crippen molar-refractivity contribution < 1.29 is 13.5 Å². The predicted octanol–water partition coefficient (Wildman–Crippen LogP) is 3.04. The average molecular weight is 448 g/mol. The lowest BCUT2D eigenvalue weighted by molar-refractivity contribution is 0.0693. The molecule has 33 heavy (non-hydrogen) atoms. The molecule has 0 unspecified atom stereocenters. The zero-order chi connectivity index (χ0) is 22.9. The lowest BCUT2D eigenvalue weighted by atomic mass is 10.1. The van der Waals surface area contributed by atoms with Crippen molar-refractivity contribution in [2.45, 2.75) is 25.8 Å². The molecule has 4 heterocycles. The lowest BCUT2D eigenvalue weighted by Gasteiger charge is -2.25. The Kier molecular flexibility index (Phi) is 5.55. The van der Waals surface area contributed by atoms with Gasteiger partial charge >= 0.3 is 0 Å². The fourth-order valence-corrected chi connectivity index (χ4v) is 4.07. The van der Waals surface area contributed by atoms with Crippen molar-refractivity contribution >= 4 is 29.6 Å². The third-order valence-electron chi connectivity index (χ3n) is 5.79. The molecule has 1 saturated heterocycles. The zero-order valence-electron chi connectivity index (χ0n) is 18.1. The lowest BCUT2D eigenvalue weighted by Crippen LogP contribution is -2.33. The van der Waals surface area contributed by atoms with Crippen LogP contribution in [0.15, 0.2) is 47.8 Å². The maximum absolute atomic E-state index is 13.7. The van der Waals surface area contributed by atoms with E-state index >= 15 is 0 Å². The van der Waals surface area contributed by atoms with Gasteiger partial charge in [0.1, 0.15) is 34.8 Å². The van der Waals surface area contributed by atoms with Crippen molar-refractivity contribution in [1.82, 2.24) is 24.1 Å². The number of imidazole rings is 2. The molecule has 168 valence electrons. The Morgan fingerprint density at radius 2 is 1.94 bits per heavy atom. The van der Waals surface area contributed by atoms with Crippen LogP contribution in [0.1, 0.15) is 25.8 Å². The minimum absolute atomic E-state index is 0.147. The number of aromatic nitrogens is 5. The van der Waals surface area contributed by atoms with E-state index in [4.69, 9.17) is 9.72 Å². The Morgan fingerprint density at radius 1 is 1.15 bits per heavy atom. The molecule has 0 amide bonds. The number of aliphatic imine (C=N–C) groups is 1. The maximum atomic E-state index is 13.7. The highest BCUT2D eigenvalue weighted by atomic mass is 19.1. The highest BCUT2D eigenvalue weighted by Gasteiger charge is 2.21. The van der Waals surface area contributed by atoms with Gasteiger partial charge < -0.3 is 9.30 Å². The van der Waals surface area contributed by atoms with Crippen LogP contribution in [0, 0.1) is 11.6 Å². The van der Waals surface area contributed by atoms with Crippen LogP contribution in [0.5, 0.6) is 0 Å². The Balaban J connectivity index is 1.60. The van der Waals surface area contributed by atoms with Crippen LogP contribution in [-0.2, 0) is 4.74 Å². The van der Waals surface area contributed by atoms with E-state index in [2.05, 4.69) is 21.5 Å². The van der Waals surface area contributed by atoms with E-state index in [1.807, 2.05) is 11.5 Å². The van der Waals surface area contributed by atoms with E-state index in [1.54, 1.807) is 29.2 Å².